The summed E-state index contributed by atoms with van der Waals surface area (Å²) in [5.41, 5.74) is 2.70. The van der Waals surface area contributed by atoms with Crippen molar-refractivity contribution < 1.29 is 4.79 Å². The molecular formula is C22H36N2OS2. The van der Waals surface area contributed by atoms with Crippen LogP contribution >= 0.6 is 23.5 Å². The molecule has 0 aliphatic heterocycles. The van der Waals surface area contributed by atoms with Gasteiger partial charge < -0.3 is 9.80 Å². The average molecular weight is 409 g/mol. The summed E-state index contributed by atoms with van der Waals surface area (Å²) in [6.07, 6.45) is 6.16. The standard InChI is InChI=1S/C22H36N2OS2/c1-17-11-12-18(2)21(15-17)27-20-10-7-6-9-19(20)26-16-22(25)24(5)14-8-13-23(3)4/h11-12,15,19-20H,6-10,13-14,16H2,1-5H3/t19-,20-/m1/s1. The Balaban J connectivity index is 1.86. The van der Waals surface area contributed by atoms with Crippen LogP contribution in [0.1, 0.15) is 43.2 Å². The van der Waals surface area contributed by atoms with Crippen molar-refractivity contribution in [3.63, 3.8) is 0 Å². The lowest BCUT2D eigenvalue weighted by atomic mass is 10.00. The van der Waals surface area contributed by atoms with Crippen LogP contribution in [-0.2, 0) is 4.79 Å². The second-order valence-corrected chi connectivity index (χ2v) is 10.5. The minimum absolute atomic E-state index is 0.278. The molecule has 5 heteroatoms. The van der Waals surface area contributed by atoms with Crippen LogP contribution in [0.3, 0.4) is 0 Å². The van der Waals surface area contributed by atoms with Crippen molar-refractivity contribution in [3.05, 3.63) is 29.3 Å². The maximum absolute atomic E-state index is 12.5. The molecule has 1 fully saturated rings. The molecule has 0 radical (unpaired) electrons. The summed E-state index contributed by atoms with van der Waals surface area (Å²) >= 11 is 3.93. The molecule has 1 aliphatic rings. The molecular weight excluding hydrogens is 372 g/mol. The molecule has 2 rings (SSSR count). The van der Waals surface area contributed by atoms with Gasteiger partial charge in [0.25, 0.3) is 0 Å². The summed E-state index contributed by atoms with van der Waals surface area (Å²) in [5.74, 6) is 0.896. The Morgan fingerprint density at radius 1 is 1.07 bits per heavy atom. The van der Waals surface area contributed by atoms with E-state index >= 15 is 0 Å². The van der Waals surface area contributed by atoms with E-state index in [1.807, 2.05) is 35.5 Å². The van der Waals surface area contributed by atoms with E-state index in [9.17, 15) is 4.79 Å². The second kappa shape index (κ2) is 11.4. The lowest BCUT2D eigenvalue weighted by Gasteiger charge is -2.31. The van der Waals surface area contributed by atoms with Crippen molar-refractivity contribution in [2.24, 2.45) is 0 Å². The van der Waals surface area contributed by atoms with Crippen LogP contribution in [-0.4, -0.2) is 66.2 Å². The van der Waals surface area contributed by atoms with E-state index in [1.54, 1.807) is 0 Å². The number of hydrogen-bond acceptors (Lipinski definition) is 4. The van der Waals surface area contributed by atoms with E-state index < -0.39 is 0 Å². The summed E-state index contributed by atoms with van der Waals surface area (Å²) < 4.78 is 0. The van der Waals surface area contributed by atoms with Crippen molar-refractivity contribution >= 4 is 29.4 Å². The summed E-state index contributed by atoms with van der Waals surface area (Å²) in [7, 11) is 6.10. The third-order valence-corrected chi connectivity index (χ3v) is 8.35. The Morgan fingerprint density at radius 2 is 1.78 bits per heavy atom. The number of thioether (sulfide) groups is 2. The molecule has 0 spiro atoms. The predicted octanol–water partition coefficient (Wildman–Crippen LogP) is 4.85. The molecule has 1 aromatic rings. The lowest BCUT2D eigenvalue weighted by Crippen LogP contribution is -2.33. The maximum Gasteiger partial charge on any atom is 0.232 e. The van der Waals surface area contributed by atoms with Gasteiger partial charge >= 0.3 is 0 Å². The molecule has 0 N–H and O–H groups in total. The highest BCUT2D eigenvalue weighted by Crippen LogP contribution is 2.40. The molecule has 152 valence electrons. The van der Waals surface area contributed by atoms with Gasteiger partial charge in [-0.15, -0.1) is 23.5 Å². The SMILES string of the molecule is Cc1ccc(C)c(S[C@@H]2CCCC[C@H]2SCC(=O)N(C)CCCN(C)C)c1. The fourth-order valence-electron chi connectivity index (χ4n) is 3.42. The minimum Gasteiger partial charge on any atom is -0.345 e. The molecule has 1 aliphatic carbocycles. The van der Waals surface area contributed by atoms with Crippen molar-refractivity contribution in [1.82, 2.24) is 9.80 Å². The number of amides is 1. The first-order valence-corrected chi connectivity index (χ1v) is 12.0. The third kappa shape index (κ3) is 7.71. The lowest BCUT2D eigenvalue weighted by molar-refractivity contribution is -0.127. The Morgan fingerprint density at radius 3 is 2.48 bits per heavy atom. The van der Waals surface area contributed by atoms with Gasteiger partial charge in [-0.1, -0.05) is 30.5 Å². The van der Waals surface area contributed by atoms with Gasteiger partial charge in [0.2, 0.25) is 5.91 Å². The highest BCUT2D eigenvalue weighted by atomic mass is 32.2. The summed E-state index contributed by atoms with van der Waals surface area (Å²) in [6, 6.07) is 6.74. The molecule has 0 unspecified atom stereocenters. The van der Waals surface area contributed by atoms with Crippen LogP contribution in [0.5, 0.6) is 0 Å². The zero-order valence-corrected chi connectivity index (χ0v) is 19.3. The zero-order chi connectivity index (χ0) is 19.8. The Labute approximate surface area is 174 Å². The highest BCUT2D eigenvalue weighted by Gasteiger charge is 2.27. The number of carbonyl (C=O) groups is 1. The van der Waals surface area contributed by atoms with Gasteiger partial charge in [-0.2, -0.15) is 0 Å². The van der Waals surface area contributed by atoms with E-state index in [4.69, 9.17) is 0 Å². The van der Waals surface area contributed by atoms with Crippen LogP contribution in [0.25, 0.3) is 0 Å². The number of hydrogen-bond donors (Lipinski definition) is 0. The summed E-state index contributed by atoms with van der Waals surface area (Å²) in [4.78, 5) is 18.0. The van der Waals surface area contributed by atoms with Gasteiger partial charge in [0.05, 0.1) is 5.75 Å². The first kappa shape index (κ1) is 22.6. The molecule has 3 nitrogen and oxygen atoms in total. The van der Waals surface area contributed by atoms with Crippen molar-refractivity contribution in [2.45, 2.75) is 61.3 Å². The minimum atomic E-state index is 0.278. The van der Waals surface area contributed by atoms with Crippen molar-refractivity contribution in [2.75, 3.05) is 40.0 Å². The normalized spacial score (nSPS) is 20.1. The Kier molecular flexibility index (Phi) is 9.54. The predicted molar refractivity (Wildman–Crippen MR) is 121 cm³/mol. The van der Waals surface area contributed by atoms with E-state index in [1.165, 1.54) is 41.7 Å². The molecule has 1 amide bonds. The average Bonchev–Trinajstić information content (AvgIpc) is 2.63. The maximum atomic E-state index is 12.5. The van der Waals surface area contributed by atoms with Gasteiger partial charge in [0.15, 0.2) is 0 Å². The van der Waals surface area contributed by atoms with Crippen molar-refractivity contribution in [1.29, 1.82) is 0 Å². The topological polar surface area (TPSA) is 23.6 Å². The Bertz CT molecular complexity index is 606. The van der Waals surface area contributed by atoms with Crippen LogP contribution in [0, 0.1) is 13.8 Å². The van der Waals surface area contributed by atoms with E-state index in [-0.39, 0.29) is 5.91 Å². The number of carbonyl (C=O) groups excluding carboxylic acids is 1. The van der Waals surface area contributed by atoms with Gasteiger partial charge in [-0.3, -0.25) is 4.79 Å². The molecule has 0 heterocycles. The summed E-state index contributed by atoms with van der Waals surface area (Å²) in [5, 5.41) is 1.21. The molecule has 1 aromatic carbocycles. The molecule has 2 atom stereocenters. The van der Waals surface area contributed by atoms with Crippen LogP contribution in [0.2, 0.25) is 0 Å². The third-order valence-electron chi connectivity index (χ3n) is 5.21. The number of nitrogens with zero attached hydrogens (tertiary/aromatic N) is 2. The van der Waals surface area contributed by atoms with Crippen LogP contribution in [0.15, 0.2) is 23.1 Å². The van der Waals surface area contributed by atoms with Gasteiger partial charge in [-0.25, -0.2) is 0 Å². The monoisotopic (exact) mass is 408 g/mol. The second-order valence-electron chi connectivity index (χ2n) is 8.03. The fraction of sp³-hybridized carbons (Fsp3) is 0.682. The smallest absolute Gasteiger partial charge is 0.232 e. The van der Waals surface area contributed by atoms with Crippen LogP contribution < -0.4 is 0 Å². The van der Waals surface area contributed by atoms with Crippen molar-refractivity contribution in [3.8, 4) is 0 Å². The Hall–Kier alpha value is -0.650. The fourth-order valence-corrected chi connectivity index (χ4v) is 6.49. The van der Waals surface area contributed by atoms with Crippen LogP contribution in [0.4, 0.5) is 0 Å². The molecule has 0 bridgehead atoms. The largest absolute Gasteiger partial charge is 0.345 e. The first-order chi connectivity index (χ1) is 12.9. The molecule has 0 saturated heterocycles. The van der Waals surface area contributed by atoms with Gasteiger partial charge in [-0.05, 0) is 65.4 Å². The number of rotatable bonds is 9. The zero-order valence-electron chi connectivity index (χ0n) is 17.7. The van der Waals surface area contributed by atoms with E-state index in [0.717, 1.165) is 19.5 Å². The summed E-state index contributed by atoms with van der Waals surface area (Å²) in [6.45, 7) is 6.26. The molecule has 27 heavy (non-hydrogen) atoms. The van der Waals surface area contributed by atoms with Gasteiger partial charge in [0.1, 0.15) is 0 Å². The number of aryl methyl sites for hydroxylation is 2. The quantitative estimate of drug-likeness (QED) is 0.583. The van der Waals surface area contributed by atoms with E-state index in [2.05, 4.69) is 51.0 Å². The van der Waals surface area contributed by atoms with Gasteiger partial charge in [0, 0.05) is 29.0 Å². The first-order valence-electron chi connectivity index (χ1n) is 10.1. The molecule has 0 aromatic heterocycles. The number of benzene rings is 1. The molecule has 1 saturated carbocycles. The van der Waals surface area contributed by atoms with E-state index in [0.29, 0.717) is 16.3 Å². The highest BCUT2D eigenvalue weighted by molar-refractivity contribution is 8.04.